The Morgan fingerprint density at radius 2 is 1.66 bits per heavy atom. The number of fused-ring (bicyclic) bond motifs is 1. The van der Waals surface area contributed by atoms with E-state index in [1.807, 2.05) is 24.3 Å². The minimum atomic E-state index is -0.239. The molecule has 0 aliphatic rings. The van der Waals surface area contributed by atoms with E-state index >= 15 is 0 Å². The van der Waals surface area contributed by atoms with Gasteiger partial charge in [0, 0.05) is 36.7 Å². The Morgan fingerprint density at radius 3 is 2.21 bits per heavy atom. The number of amides is 1. The predicted molar refractivity (Wildman–Crippen MR) is 116 cm³/mol. The van der Waals surface area contributed by atoms with Crippen molar-refractivity contribution >= 4 is 28.2 Å². The molecule has 0 spiro atoms. The van der Waals surface area contributed by atoms with Crippen LogP contribution in [0.2, 0.25) is 0 Å². The molecule has 0 aliphatic heterocycles. The number of carbonyl (C=O) groups excluding carboxylic acids is 1. The average molecular weight is 397 g/mol. The molecule has 0 radical (unpaired) electrons. The summed E-state index contributed by atoms with van der Waals surface area (Å²) in [6.07, 6.45) is 1.66. The van der Waals surface area contributed by atoms with Gasteiger partial charge < -0.3 is 29.4 Å². The van der Waals surface area contributed by atoms with Gasteiger partial charge in [0.25, 0.3) is 5.91 Å². The standard InChI is InChI=1S/C22H27N3O4/c1-6-25(7-2)15-10-8-14(9-11-15)24-22(26)16-13-23-17-12-18(27-3)20(28-4)21(29-5)19(16)17/h8-13,23H,6-7H2,1-5H3,(H,24,26). The van der Waals surface area contributed by atoms with E-state index in [0.29, 0.717) is 28.2 Å². The van der Waals surface area contributed by atoms with Gasteiger partial charge in [0.15, 0.2) is 11.5 Å². The van der Waals surface area contributed by atoms with Crippen molar-refractivity contribution < 1.29 is 19.0 Å². The first-order valence-electron chi connectivity index (χ1n) is 9.54. The van der Waals surface area contributed by atoms with Gasteiger partial charge in [0.1, 0.15) is 0 Å². The van der Waals surface area contributed by atoms with Gasteiger partial charge in [-0.2, -0.15) is 0 Å². The summed E-state index contributed by atoms with van der Waals surface area (Å²) in [4.78, 5) is 18.3. The quantitative estimate of drug-likeness (QED) is 0.593. The molecule has 29 heavy (non-hydrogen) atoms. The van der Waals surface area contributed by atoms with Crippen molar-refractivity contribution in [3.05, 3.63) is 42.1 Å². The highest BCUT2D eigenvalue weighted by Gasteiger charge is 2.22. The molecule has 0 unspecified atom stereocenters. The lowest BCUT2D eigenvalue weighted by atomic mass is 10.1. The van der Waals surface area contributed by atoms with E-state index in [0.717, 1.165) is 30.0 Å². The topological polar surface area (TPSA) is 75.8 Å². The number of ether oxygens (including phenoxy) is 3. The second kappa shape index (κ2) is 8.77. The van der Waals surface area contributed by atoms with Gasteiger partial charge in [-0.05, 0) is 38.1 Å². The van der Waals surface area contributed by atoms with Crippen molar-refractivity contribution in [3.63, 3.8) is 0 Å². The number of carbonyl (C=O) groups is 1. The number of benzene rings is 2. The summed E-state index contributed by atoms with van der Waals surface area (Å²) in [6.45, 7) is 6.10. The van der Waals surface area contributed by atoms with Gasteiger partial charge >= 0.3 is 0 Å². The molecule has 0 aliphatic carbocycles. The molecule has 0 fully saturated rings. The number of nitrogens with one attached hydrogen (secondary N) is 2. The van der Waals surface area contributed by atoms with Gasteiger partial charge in [0.05, 0.1) is 37.8 Å². The van der Waals surface area contributed by atoms with Crippen molar-refractivity contribution in [2.45, 2.75) is 13.8 Å². The highest BCUT2D eigenvalue weighted by molar-refractivity contribution is 6.15. The van der Waals surface area contributed by atoms with E-state index in [1.165, 1.54) is 14.2 Å². The molecule has 3 rings (SSSR count). The Hall–Kier alpha value is -3.35. The summed E-state index contributed by atoms with van der Waals surface area (Å²) < 4.78 is 16.4. The zero-order chi connectivity index (χ0) is 21.0. The normalized spacial score (nSPS) is 10.7. The molecule has 7 nitrogen and oxygen atoms in total. The van der Waals surface area contributed by atoms with Gasteiger partial charge in [0.2, 0.25) is 5.75 Å². The van der Waals surface area contributed by atoms with Crippen molar-refractivity contribution in [2.75, 3.05) is 44.6 Å². The number of aromatic nitrogens is 1. The van der Waals surface area contributed by atoms with E-state index in [-0.39, 0.29) is 5.91 Å². The van der Waals surface area contributed by atoms with Crippen molar-refractivity contribution in [2.24, 2.45) is 0 Å². The molecule has 0 bridgehead atoms. The number of aromatic amines is 1. The maximum Gasteiger partial charge on any atom is 0.257 e. The van der Waals surface area contributed by atoms with Crippen LogP contribution in [0.15, 0.2) is 36.5 Å². The van der Waals surface area contributed by atoms with Gasteiger partial charge in [-0.15, -0.1) is 0 Å². The van der Waals surface area contributed by atoms with Crippen LogP contribution in [0.25, 0.3) is 10.9 Å². The summed E-state index contributed by atoms with van der Waals surface area (Å²) in [7, 11) is 4.63. The molecule has 1 amide bonds. The first-order chi connectivity index (χ1) is 14.1. The fourth-order valence-corrected chi connectivity index (χ4v) is 3.48. The molecule has 2 aromatic carbocycles. The first kappa shape index (κ1) is 20.4. The molecule has 3 aromatic rings. The lowest BCUT2D eigenvalue weighted by Crippen LogP contribution is -2.21. The van der Waals surface area contributed by atoms with Crippen LogP contribution in [-0.2, 0) is 0 Å². The van der Waals surface area contributed by atoms with E-state index in [9.17, 15) is 4.79 Å². The third-order valence-corrected chi connectivity index (χ3v) is 4.97. The number of hydrogen-bond acceptors (Lipinski definition) is 5. The molecular weight excluding hydrogens is 370 g/mol. The number of rotatable bonds is 8. The predicted octanol–water partition coefficient (Wildman–Crippen LogP) is 4.29. The molecule has 154 valence electrons. The van der Waals surface area contributed by atoms with E-state index in [2.05, 4.69) is 29.0 Å². The highest BCUT2D eigenvalue weighted by Crippen LogP contribution is 2.44. The van der Waals surface area contributed by atoms with Crippen LogP contribution in [0.4, 0.5) is 11.4 Å². The third kappa shape index (κ3) is 3.81. The third-order valence-electron chi connectivity index (χ3n) is 4.97. The van der Waals surface area contributed by atoms with Crippen LogP contribution in [0.5, 0.6) is 17.2 Å². The first-order valence-corrected chi connectivity index (χ1v) is 9.54. The van der Waals surface area contributed by atoms with Crippen LogP contribution in [0, 0.1) is 0 Å². The summed E-state index contributed by atoms with van der Waals surface area (Å²) in [5.41, 5.74) is 3.03. The number of H-pyrrole nitrogens is 1. The van der Waals surface area contributed by atoms with E-state index in [1.54, 1.807) is 19.4 Å². The largest absolute Gasteiger partial charge is 0.493 e. The minimum Gasteiger partial charge on any atom is -0.493 e. The van der Waals surface area contributed by atoms with Crippen molar-refractivity contribution in [1.82, 2.24) is 4.98 Å². The van der Waals surface area contributed by atoms with Gasteiger partial charge in [-0.1, -0.05) is 0 Å². The number of methoxy groups -OCH3 is 3. The Morgan fingerprint density at radius 1 is 1.00 bits per heavy atom. The Kier molecular flexibility index (Phi) is 6.16. The Balaban J connectivity index is 1.93. The summed E-state index contributed by atoms with van der Waals surface area (Å²) in [6, 6.07) is 9.60. The fourth-order valence-electron chi connectivity index (χ4n) is 3.48. The lowest BCUT2D eigenvalue weighted by Gasteiger charge is -2.21. The SMILES string of the molecule is CCN(CC)c1ccc(NC(=O)c2c[nH]c3cc(OC)c(OC)c(OC)c23)cc1. The molecule has 0 atom stereocenters. The zero-order valence-corrected chi connectivity index (χ0v) is 17.5. The molecule has 1 aromatic heterocycles. The second-order valence-corrected chi connectivity index (χ2v) is 6.44. The average Bonchev–Trinajstić information content (AvgIpc) is 3.18. The zero-order valence-electron chi connectivity index (χ0n) is 17.5. The van der Waals surface area contributed by atoms with Crippen molar-refractivity contribution in [3.8, 4) is 17.2 Å². The summed E-state index contributed by atoms with van der Waals surface area (Å²) in [5.74, 6) is 1.18. The maximum absolute atomic E-state index is 13.0. The van der Waals surface area contributed by atoms with Crippen molar-refractivity contribution in [1.29, 1.82) is 0 Å². The van der Waals surface area contributed by atoms with E-state index in [4.69, 9.17) is 14.2 Å². The van der Waals surface area contributed by atoms with Crippen LogP contribution in [-0.4, -0.2) is 45.3 Å². The van der Waals surface area contributed by atoms with Crippen LogP contribution < -0.4 is 24.4 Å². The molecule has 2 N–H and O–H groups in total. The smallest absolute Gasteiger partial charge is 0.257 e. The Labute approximate surface area is 170 Å². The molecule has 0 saturated heterocycles. The molecular formula is C22H27N3O4. The number of nitrogens with zero attached hydrogens (tertiary/aromatic N) is 1. The van der Waals surface area contributed by atoms with Gasteiger partial charge in [-0.25, -0.2) is 0 Å². The number of anilines is 2. The molecule has 0 saturated carbocycles. The van der Waals surface area contributed by atoms with E-state index < -0.39 is 0 Å². The summed E-state index contributed by atoms with van der Waals surface area (Å²) >= 11 is 0. The van der Waals surface area contributed by atoms with Crippen LogP contribution >= 0.6 is 0 Å². The number of hydrogen-bond donors (Lipinski definition) is 2. The minimum absolute atomic E-state index is 0.239. The van der Waals surface area contributed by atoms with Gasteiger partial charge in [-0.3, -0.25) is 4.79 Å². The highest BCUT2D eigenvalue weighted by atomic mass is 16.5. The van der Waals surface area contributed by atoms with Crippen LogP contribution in [0.1, 0.15) is 24.2 Å². The summed E-state index contributed by atoms with van der Waals surface area (Å²) in [5, 5.41) is 3.59. The molecule has 7 heteroatoms. The molecule has 1 heterocycles. The fraction of sp³-hybridized carbons (Fsp3) is 0.318. The Bertz CT molecular complexity index is 991. The maximum atomic E-state index is 13.0. The monoisotopic (exact) mass is 397 g/mol. The van der Waals surface area contributed by atoms with Crippen LogP contribution in [0.3, 0.4) is 0 Å². The second-order valence-electron chi connectivity index (χ2n) is 6.44. The lowest BCUT2D eigenvalue weighted by molar-refractivity contribution is 0.102.